The predicted octanol–water partition coefficient (Wildman–Crippen LogP) is 3.42. The van der Waals surface area contributed by atoms with Crippen molar-refractivity contribution in [1.29, 1.82) is 5.26 Å². The van der Waals surface area contributed by atoms with E-state index in [1.165, 1.54) is 6.20 Å². The molecule has 0 aliphatic carbocycles. The second-order valence-electron chi connectivity index (χ2n) is 7.89. The molecule has 158 valence electrons. The number of aromatic amines is 1. The molecule has 2 fully saturated rings. The summed E-state index contributed by atoms with van der Waals surface area (Å²) in [6.45, 7) is 5.57. The third kappa shape index (κ3) is 4.71. The number of ether oxygens (including phenoxy) is 2. The summed E-state index contributed by atoms with van der Waals surface area (Å²) in [5, 5.41) is 11.6. The highest BCUT2D eigenvalue weighted by Crippen LogP contribution is 2.33. The summed E-state index contributed by atoms with van der Waals surface area (Å²) in [4.78, 5) is 26.1. The quantitative estimate of drug-likeness (QED) is 0.793. The van der Waals surface area contributed by atoms with Crippen molar-refractivity contribution in [2.24, 2.45) is 5.92 Å². The molecule has 0 aromatic carbocycles. The normalized spacial score (nSPS) is 18.1. The molecule has 2 saturated heterocycles. The van der Waals surface area contributed by atoms with Gasteiger partial charge < -0.3 is 14.4 Å². The maximum absolute atomic E-state index is 12.4. The van der Waals surface area contributed by atoms with Crippen molar-refractivity contribution in [3.8, 4) is 12.1 Å². The lowest BCUT2D eigenvalue weighted by Crippen LogP contribution is -2.34. The number of imidazole rings is 1. The van der Waals surface area contributed by atoms with Crippen LogP contribution in [0.25, 0.3) is 0 Å². The summed E-state index contributed by atoms with van der Waals surface area (Å²) in [6, 6.07) is 5.76. The van der Waals surface area contributed by atoms with Crippen LogP contribution >= 0.6 is 0 Å². The number of nitrogens with one attached hydrogen (secondary N) is 2. The summed E-state index contributed by atoms with van der Waals surface area (Å²) in [6.07, 6.45) is 4.73. The zero-order chi connectivity index (χ0) is 20.9. The Bertz CT molecular complexity index is 923. The molecular formula is C21H26N6O3. The molecule has 0 atom stereocenters. The molecule has 30 heavy (non-hydrogen) atoms. The maximum Gasteiger partial charge on any atom is 0.419 e. The first-order chi connectivity index (χ1) is 14.6. The van der Waals surface area contributed by atoms with Crippen LogP contribution in [0.4, 0.5) is 16.3 Å². The zero-order valence-electron chi connectivity index (χ0n) is 17.1. The van der Waals surface area contributed by atoms with Gasteiger partial charge in [0.1, 0.15) is 11.8 Å². The van der Waals surface area contributed by atoms with Crippen LogP contribution in [0.3, 0.4) is 0 Å². The minimum absolute atomic E-state index is 0.0239. The third-order valence-electron chi connectivity index (χ3n) is 5.72. The molecule has 0 spiro atoms. The lowest BCUT2D eigenvalue weighted by molar-refractivity contribution is 0.0845. The van der Waals surface area contributed by atoms with Crippen LogP contribution in [-0.4, -0.2) is 47.3 Å². The molecular weight excluding hydrogens is 384 g/mol. The predicted molar refractivity (Wildman–Crippen MR) is 111 cm³/mol. The first kappa shape index (κ1) is 20.2. The molecule has 9 nitrogen and oxygen atoms in total. The number of H-pyrrole nitrogens is 1. The van der Waals surface area contributed by atoms with E-state index in [1.807, 2.05) is 18.2 Å². The Morgan fingerprint density at radius 2 is 2.07 bits per heavy atom. The third-order valence-corrected chi connectivity index (χ3v) is 5.72. The van der Waals surface area contributed by atoms with Gasteiger partial charge in [-0.25, -0.2) is 14.8 Å². The highest BCUT2D eigenvalue weighted by molar-refractivity contribution is 5.89. The van der Waals surface area contributed by atoms with Gasteiger partial charge in [-0.2, -0.15) is 5.26 Å². The SMILES string of the molecule is CC1CCN(c2nc(C3CCOCC3)ccc2NC(=O)Oc2ncc(C#N)[nH]2)CC1. The van der Waals surface area contributed by atoms with E-state index in [4.69, 9.17) is 19.7 Å². The first-order valence-electron chi connectivity index (χ1n) is 10.4. The molecule has 1 amide bonds. The van der Waals surface area contributed by atoms with Crippen molar-refractivity contribution in [1.82, 2.24) is 15.0 Å². The van der Waals surface area contributed by atoms with Crippen molar-refractivity contribution in [3.05, 3.63) is 29.7 Å². The second kappa shape index (κ2) is 9.13. The highest BCUT2D eigenvalue weighted by atomic mass is 16.6. The molecule has 0 saturated carbocycles. The van der Waals surface area contributed by atoms with Gasteiger partial charge >= 0.3 is 12.1 Å². The minimum atomic E-state index is -0.680. The largest absolute Gasteiger partial charge is 0.419 e. The van der Waals surface area contributed by atoms with E-state index in [0.717, 1.165) is 63.5 Å². The number of rotatable bonds is 4. The van der Waals surface area contributed by atoms with E-state index in [1.54, 1.807) is 0 Å². The number of carbonyl (C=O) groups is 1. The van der Waals surface area contributed by atoms with Crippen LogP contribution in [0.5, 0.6) is 6.01 Å². The topological polar surface area (TPSA) is 116 Å². The number of piperidine rings is 1. The molecule has 4 rings (SSSR count). The number of nitrogens with zero attached hydrogens (tertiary/aromatic N) is 4. The molecule has 2 aromatic rings. The van der Waals surface area contributed by atoms with Gasteiger partial charge in [0.15, 0.2) is 5.82 Å². The van der Waals surface area contributed by atoms with Crippen LogP contribution in [0, 0.1) is 17.2 Å². The Hall–Kier alpha value is -3.12. The van der Waals surface area contributed by atoms with Crippen LogP contribution in [-0.2, 0) is 4.74 Å². The number of hydrogen-bond acceptors (Lipinski definition) is 7. The Morgan fingerprint density at radius 3 is 2.77 bits per heavy atom. The molecule has 2 aliphatic rings. The molecule has 2 N–H and O–H groups in total. The van der Waals surface area contributed by atoms with E-state index < -0.39 is 6.09 Å². The fraction of sp³-hybridized carbons (Fsp3) is 0.524. The average Bonchev–Trinajstić information content (AvgIpc) is 3.22. The molecule has 0 unspecified atom stereocenters. The summed E-state index contributed by atoms with van der Waals surface area (Å²) in [5.41, 5.74) is 1.87. The summed E-state index contributed by atoms with van der Waals surface area (Å²) in [7, 11) is 0. The van der Waals surface area contributed by atoms with Crippen molar-refractivity contribution < 1.29 is 14.3 Å². The van der Waals surface area contributed by atoms with Gasteiger partial charge in [-0.05, 0) is 43.7 Å². The van der Waals surface area contributed by atoms with Gasteiger partial charge in [-0.1, -0.05) is 6.92 Å². The standard InChI is InChI=1S/C21H26N6O3/c1-14-4-8-27(9-5-14)19-18(3-2-17(25-19)15-6-10-29-11-7-15)26-21(28)30-20-23-13-16(12-22)24-20/h2-3,13-15H,4-11H2,1H3,(H,23,24)(H,26,28). The number of nitriles is 1. The fourth-order valence-electron chi connectivity index (χ4n) is 3.88. The first-order valence-corrected chi connectivity index (χ1v) is 10.4. The van der Waals surface area contributed by atoms with E-state index in [2.05, 4.69) is 27.1 Å². The smallest absolute Gasteiger partial charge is 0.381 e. The van der Waals surface area contributed by atoms with Crippen LogP contribution in [0.15, 0.2) is 18.3 Å². The van der Waals surface area contributed by atoms with Gasteiger partial charge in [-0.15, -0.1) is 0 Å². The van der Waals surface area contributed by atoms with Crippen LogP contribution in [0.2, 0.25) is 0 Å². The van der Waals surface area contributed by atoms with Gasteiger partial charge in [0.25, 0.3) is 0 Å². The number of aromatic nitrogens is 3. The summed E-state index contributed by atoms with van der Waals surface area (Å²) >= 11 is 0. The Balaban J connectivity index is 1.54. The molecule has 2 aliphatic heterocycles. The van der Waals surface area contributed by atoms with Gasteiger partial charge in [0.2, 0.25) is 0 Å². The molecule has 4 heterocycles. The van der Waals surface area contributed by atoms with Crippen molar-refractivity contribution in [3.63, 3.8) is 0 Å². The van der Waals surface area contributed by atoms with Crippen LogP contribution < -0.4 is 15.0 Å². The van der Waals surface area contributed by atoms with E-state index in [9.17, 15) is 4.79 Å². The van der Waals surface area contributed by atoms with Crippen LogP contribution in [0.1, 0.15) is 49.9 Å². The fourth-order valence-corrected chi connectivity index (χ4v) is 3.88. The number of amides is 1. The lowest BCUT2D eigenvalue weighted by atomic mass is 9.95. The second-order valence-corrected chi connectivity index (χ2v) is 7.89. The monoisotopic (exact) mass is 410 g/mol. The van der Waals surface area contributed by atoms with Crippen molar-refractivity contribution in [2.75, 3.05) is 36.5 Å². The van der Waals surface area contributed by atoms with E-state index in [0.29, 0.717) is 17.5 Å². The van der Waals surface area contributed by atoms with Gasteiger partial charge in [0, 0.05) is 37.9 Å². The molecule has 2 aromatic heterocycles. The Labute approximate surface area is 175 Å². The number of carbonyl (C=O) groups excluding carboxylic acids is 1. The summed E-state index contributed by atoms with van der Waals surface area (Å²) in [5.74, 6) is 1.84. The number of anilines is 2. The van der Waals surface area contributed by atoms with Crippen molar-refractivity contribution in [2.45, 2.75) is 38.5 Å². The average molecular weight is 410 g/mol. The summed E-state index contributed by atoms with van der Waals surface area (Å²) < 4.78 is 10.7. The molecule has 0 radical (unpaired) electrons. The number of hydrogen-bond donors (Lipinski definition) is 2. The van der Waals surface area contributed by atoms with E-state index in [-0.39, 0.29) is 11.7 Å². The Morgan fingerprint density at radius 1 is 1.30 bits per heavy atom. The Kier molecular flexibility index (Phi) is 6.14. The zero-order valence-corrected chi connectivity index (χ0v) is 17.1. The molecule has 0 bridgehead atoms. The highest BCUT2D eigenvalue weighted by Gasteiger charge is 2.24. The van der Waals surface area contributed by atoms with E-state index >= 15 is 0 Å². The van der Waals surface area contributed by atoms with Crippen molar-refractivity contribution >= 4 is 17.6 Å². The van der Waals surface area contributed by atoms with Gasteiger partial charge in [0.05, 0.1) is 11.9 Å². The lowest BCUT2D eigenvalue weighted by Gasteiger charge is -2.33. The molecule has 9 heteroatoms. The van der Waals surface area contributed by atoms with Gasteiger partial charge in [-0.3, -0.25) is 10.3 Å². The maximum atomic E-state index is 12.4. The minimum Gasteiger partial charge on any atom is -0.381 e. The number of pyridine rings is 1.